The summed E-state index contributed by atoms with van der Waals surface area (Å²) in [6.07, 6.45) is -2.72. The second-order valence-corrected chi connectivity index (χ2v) is 4.83. The third-order valence-electron chi connectivity index (χ3n) is 3.09. The SMILES string of the molecule is Fc1ccc(CNC2CCNCC2)cc1.O=C(O)C(F)(F)F. The van der Waals surface area contributed by atoms with Gasteiger partial charge in [-0.15, -0.1) is 0 Å². The molecule has 8 heteroatoms. The number of piperidine rings is 1. The summed E-state index contributed by atoms with van der Waals surface area (Å²) in [6.45, 7) is 3.03. The number of hydrogen-bond donors (Lipinski definition) is 3. The number of carboxylic acids is 1. The van der Waals surface area contributed by atoms with Crippen molar-refractivity contribution >= 4 is 5.97 Å². The number of halogens is 4. The highest BCUT2D eigenvalue weighted by Gasteiger charge is 2.38. The normalized spacial score (nSPS) is 15.8. The Bertz CT molecular complexity index is 457. The minimum atomic E-state index is -5.08. The molecule has 2 rings (SSSR count). The maximum atomic E-state index is 12.7. The van der Waals surface area contributed by atoms with E-state index >= 15 is 0 Å². The van der Waals surface area contributed by atoms with Gasteiger partial charge in [0.1, 0.15) is 5.82 Å². The first-order valence-electron chi connectivity index (χ1n) is 6.77. The van der Waals surface area contributed by atoms with Crippen molar-refractivity contribution in [2.75, 3.05) is 13.1 Å². The molecular weight excluding hydrogens is 304 g/mol. The summed E-state index contributed by atoms with van der Waals surface area (Å²) in [5, 5.41) is 14.0. The van der Waals surface area contributed by atoms with Crippen LogP contribution >= 0.6 is 0 Å². The number of carbonyl (C=O) groups is 1. The van der Waals surface area contributed by atoms with E-state index in [-0.39, 0.29) is 5.82 Å². The van der Waals surface area contributed by atoms with Gasteiger partial charge in [0.2, 0.25) is 0 Å². The molecule has 0 aromatic heterocycles. The van der Waals surface area contributed by atoms with Crippen LogP contribution in [0, 0.1) is 5.82 Å². The molecule has 0 bridgehead atoms. The van der Waals surface area contributed by atoms with E-state index in [1.54, 1.807) is 0 Å². The van der Waals surface area contributed by atoms with Gasteiger partial charge in [-0.25, -0.2) is 9.18 Å². The van der Waals surface area contributed by atoms with Crippen molar-refractivity contribution < 1.29 is 27.5 Å². The lowest BCUT2D eigenvalue weighted by Crippen LogP contribution is -2.39. The van der Waals surface area contributed by atoms with Crippen molar-refractivity contribution in [2.45, 2.75) is 31.6 Å². The van der Waals surface area contributed by atoms with E-state index in [4.69, 9.17) is 9.90 Å². The molecule has 0 saturated carbocycles. The molecule has 1 aromatic rings. The van der Waals surface area contributed by atoms with Crippen LogP contribution in [0.4, 0.5) is 17.6 Å². The Labute approximate surface area is 125 Å². The average molecular weight is 322 g/mol. The summed E-state index contributed by atoms with van der Waals surface area (Å²) in [5.74, 6) is -2.92. The highest BCUT2D eigenvalue weighted by molar-refractivity contribution is 5.73. The molecule has 1 saturated heterocycles. The Hall–Kier alpha value is -1.67. The van der Waals surface area contributed by atoms with Gasteiger partial charge < -0.3 is 15.7 Å². The highest BCUT2D eigenvalue weighted by atomic mass is 19.4. The fourth-order valence-electron chi connectivity index (χ4n) is 1.89. The molecule has 1 fully saturated rings. The molecule has 0 amide bonds. The molecule has 0 unspecified atom stereocenters. The highest BCUT2D eigenvalue weighted by Crippen LogP contribution is 2.13. The maximum Gasteiger partial charge on any atom is 0.490 e. The summed E-state index contributed by atoms with van der Waals surface area (Å²) in [6, 6.07) is 7.31. The number of benzene rings is 1. The number of rotatable bonds is 3. The molecule has 4 nitrogen and oxygen atoms in total. The third kappa shape index (κ3) is 7.37. The molecule has 1 aliphatic heterocycles. The van der Waals surface area contributed by atoms with E-state index in [0.717, 1.165) is 25.2 Å². The minimum absolute atomic E-state index is 0.166. The first-order chi connectivity index (χ1) is 10.3. The summed E-state index contributed by atoms with van der Waals surface area (Å²) in [7, 11) is 0. The van der Waals surface area contributed by atoms with Crippen LogP contribution in [0.15, 0.2) is 24.3 Å². The lowest BCUT2D eigenvalue weighted by Gasteiger charge is -2.23. The van der Waals surface area contributed by atoms with Crippen LogP contribution in [0.25, 0.3) is 0 Å². The van der Waals surface area contributed by atoms with Crippen LogP contribution in [-0.2, 0) is 11.3 Å². The smallest absolute Gasteiger partial charge is 0.475 e. The lowest BCUT2D eigenvalue weighted by molar-refractivity contribution is -0.192. The number of carboxylic acid groups (broad SMARTS) is 1. The Morgan fingerprint density at radius 1 is 1.23 bits per heavy atom. The van der Waals surface area contributed by atoms with Gasteiger partial charge in [0.05, 0.1) is 0 Å². The molecule has 124 valence electrons. The molecule has 0 atom stereocenters. The number of aliphatic carboxylic acids is 1. The van der Waals surface area contributed by atoms with Crippen molar-refractivity contribution in [3.05, 3.63) is 35.6 Å². The van der Waals surface area contributed by atoms with Crippen LogP contribution in [-0.4, -0.2) is 36.4 Å². The standard InChI is InChI=1S/C12H17FN2.C2HF3O2/c13-11-3-1-10(2-4-11)9-15-12-5-7-14-8-6-12;3-2(4,5)1(6)7/h1-4,12,14-15H,5-9H2;(H,6,7). The third-order valence-corrected chi connectivity index (χ3v) is 3.09. The van der Waals surface area contributed by atoms with Gasteiger partial charge in [0.15, 0.2) is 0 Å². The van der Waals surface area contributed by atoms with Crippen molar-refractivity contribution in [1.82, 2.24) is 10.6 Å². The van der Waals surface area contributed by atoms with E-state index < -0.39 is 12.1 Å². The molecule has 22 heavy (non-hydrogen) atoms. The van der Waals surface area contributed by atoms with E-state index in [0.29, 0.717) is 6.04 Å². The first kappa shape index (κ1) is 18.4. The molecule has 1 aliphatic rings. The van der Waals surface area contributed by atoms with E-state index in [2.05, 4.69) is 10.6 Å². The fourth-order valence-corrected chi connectivity index (χ4v) is 1.89. The van der Waals surface area contributed by atoms with Crippen LogP contribution in [0.5, 0.6) is 0 Å². The van der Waals surface area contributed by atoms with Crippen LogP contribution < -0.4 is 10.6 Å². The van der Waals surface area contributed by atoms with Crippen LogP contribution in [0.1, 0.15) is 18.4 Å². The zero-order valence-electron chi connectivity index (χ0n) is 11.8. The van der Waals surface area contributed by atoms with Gasteiger partial charge in [-0.2, -0.15) is 13.2 Å². The van der Waals surface area contributed by atoms with Gasteiger partial charge in [-0.1, -0.05) is 12.1 Å². The van der Waals surface area contributed by atoms with Crippen LogP contribution in [0.3, 0.4) is 0 Å². The first-order valence-corrected chi connectivity index (χ1v) is 6.77. The zero-order chi connectivity index (χ0) is 16.6. The van der Waals surface area contributed by atoms with Gasteiger partial charge in [0.25, 0.3) is 0 Å². The summed E-state index contributed by atoms with van der Waals surface area (Å²) in [5.41, 5.74) is 1.15. The Morgan fingerprint density at radius 2 is 1.73 bits per heavy atom. The Morgan fingerprint density at radius 3 is 2.18 bits per heavy atom. The van der Waals surface area contributed by atoms with E-state index in [9.17, 15) is 17.6 Å². The van der Waals surface area contributed by atoms with Gasteiger partial charge >= 0.3 is 12.1 Å². The van der Waals surface area contributed by atoms with Crippen molar-refractivity contribution in [3.63, 3.8) is 0 Å². The second-order valence-electron chi connectivity index (χ2n) is 4.83. The maximum absolute atomic E-state index is 12.7. The fraction of sp³-hybridized carbons (Fsp3) is 0.500. The lowest BCUT2D eigenvalue weighted by atomic mass is 10.1. The molecule has 1 heterocycles. The minimum Gasteiger partial charge on any atom is -0.475 e. The topological polar surface area (TPSA) is 61.4 Å². The zero-order valence-corrected chi connectivity index (χ0v) is 11.8. The largest absolute Gasteiger partial charge is 0.490 e. The van der Waals surface area contributed by atoms with Crippen molar-refractivity contribution in [2.24, 2.45) is 0 Å². The van der Waals surface area contributed by atoms with Gasteiger partial charge in [-0.3, -0.25) is 0 Å². The van der Waals surface area contributed by atoms with E-state index in [1.807, 2.05) is 12.1 Å². The molecule has 0 radical (unpaired) electrons. The summed E-state index contributed by atoms with van der Waals surface area (Å²) in [4.78, 5) is 8.90. The Balaban J connectivity index is 0.000000295. The van der Waals surface area contributed by atoms with E-state index in [1.165, 1.54) is 25.0 Å². The molecule has 0 spiro atoms. The number of alkyl halides is 3. The predicted octanol–water partition coefficient (Wildman–Crippen LogP) is 2.30. The van der Waals surface area contributed by atoms with Gasteiger partial charge in [0, 0.05) is 12.6 Å². The monoisotopic (exact) mass is 322 g/mol. The number of nitrogens with one attached hydrogen (secondary N) is 2. The average Bonchev–Trinajstić information content (AvgIpc) is 2.47. The van der Waals surface area contributed by atoms with Crippen molar-refractivity contribution in [1.29, 1.82) is 0 Å². The summed E-state index contributed by atoms with van der Waals surface area (Å²) >= 11 is 0. The molecule has 3 N–H and O–H groups in total. The summed E-state index contributed by atoms with van der Waals surface area (Å²) < 4.78 is 44.4. The quantitative estimate of drug-likeness (QED) is 0.748. The predicted molar refractivity (Wildman–Crippen MR) is 72.8 cm³/mol. The van der Waals surface area contributed by atoms with Crippen molar-refractivity contribution in [3.8, 4) is 0 Å². The number of hydrogen-bond acceptors (Lipinski definition) is 3. The second kappa shape index (κ2) is 8.70. The Kier molecular flexibility index (Phi) is 7.26. The molecule has 0 aliphatic carbocycles. The van der Waals surface area contributed by atoms with Crippen LogP contribution in [0.2, 0.25) is 0 Å². The molecular formula is C14H18F4N2O2. The van der Waals surface area contributed by atoms with Gasteiger partial charge in [-0.05, 0) is 43.6 Å². The molecule has 1 aromatic carbocycles.